The summed E-state index contributed by atoms with van der Waals surface area (Å²) in [5, 5.41) is 18.2. The van der Waals surface area contributed by atoms with Gasteiger partial charge in [-0.1, -0.05) is 11.6 Å². The number of aromatic nitrogens is 3. The molecule has 1 aromatic carbocycles. The normalized spacial score (nSPS) is 23.1. The van der Waals surface area contributed by atoms with E-state index in [1.54, 1.807) is 18.2 Å². The van der Waals surface area contributed by atoms with Crippen molar-refractivity contribution in [3.8, 4) is 0 Å². The Morgan fingerprint density at radius 3 is 3.05 bits per heavy atom. The maximum Gasteiger partial charge on any atom is 0.335 e. The van der Waals surface area contributed by atoms with E-state index in [4.69, 9.17) is 5.11 Å². The predicted molar refractivity (Wildman–Crippen MR) is 79.3 cm³/mol. The number of carbonyl (C=O) groups is 1. The molecule has 106 valence electrons. The molecule has 1 aliphatic carbocycles. The van der Waals surface area contributed by atoms with Crippen LogP contribution in [-0.2, 0) is 0 Å². The summed E-state index contributed by atoms with van der Waals surface area (Å²) in [5.41, 5.74) is 1.89. The number of nitrogens with zero attached hydrogens (tertiary/aromatic N) is 3. The van der Waals surface area contributed by atoms with Crippen LogP contribution in [0, 0.1) is 0 Å². The minimum Gasteiger partial charge on any atom is -0.478 e. The van der Waals surface area contributed by atoms with E-state index in [1.165, 1.54) is 12.8 Å². The standard InChI is InChI=1S/C14H17N3O2S/c1-20-11-4-2-3-10(8-11)17-13-7-9(14(18)19)5-6-12(13)15-16-17/h5-7,10-11H,2-4,8H2,1H3,(H,18,19). The molecule has 0 amide bonds. The molecule has 3 rings (SSSR count). The third kappa shape index (κ3) is 2.40. The van der Waals surface area contributed by atoms with Crippen LogP contribution < -0.4 is 0 Å². The summed E-state index contributed by atoms with van der Waals surface area (Å²) in [6, 6.07) is 5.32. The van der Waals surface area contributed by atoms with Crippen LogP contribution in [0.3, 0.4) is 0 Å². The van der Waals surface area contributed by atoms with E-state index in [1.807, 2.05) is 16.4 Å². The van der Waals surface area contributed by atoms with Crippen molar-refractivity contribution in [3.05, 3.63) is 23.8 Å². The van der Waals surface area contributed by atoms with E-state index in [2.05, 4.69) is 16.6 Å². The lowest BCUT2D eigenvalue weighted by Crippen LogP contribution is -2.21. The summed E-state index contributed by atoms with van der Waals surface area (Å²) in [5.74, 6) is -0.912. The highest BCUT2D eigenvalue weighted by atomic mass is 32.2. The zero-order valence-corrected chi connectivity index (χ0v) is 12.1. The van der Waals surface area contributed by atoms with Gasteiger partial charge in [0.25, 0.3) is 0 Å². The minimum atomic E-state index is -0.912. The Morgan fingerprint density at radius 1 is 1.45 bits per heavy atom. The quantitative estimate of drug-likeness (QED) is 0.941. The second kappa shape index (κ2) is 5.44. The summed E-state index contributed by atoms with van der Waals surface area (Å²) in [6.07, 6.45) is 6.76. The zero-order chi connectivity index (χ0) is 14.1. The summed E-state index contributed by atoms with van der Waals surface area (Å²) in [7, 11) is 0. The van der Waals surface area contributed by atoms with Gasteiger partial charge in [0.05, 0.1) is 17.1 Å². The fourth-order valence-corrected chi connectivity index (χ4v) is 3.71. The second-order valence-electron chi connectivity index (χ2n) is 5.22. The molecule has 6 heteroatoms. The van der Waals surface area contributed by atoms with Gasteiger partial charge in [0.15, 0.2) is 0 Å². The third-order valence-corrected chi connectivity index (χ3v) is 5.09. The Morgan fingerprint density at radius 2 is 2.30 bits per heavy atom. The van der Waals surface area contributed by atoms with Gasteiger partial charge in [0.1, 0.15) is 5.52 Å². The highest BCUT2D eigenvalue weighted by Gasteiger charge is 2.25. The molecule has 1 aromatic heterocycles. The van der Waals surface area contributed by atoms with Gasteiger partial charge in [-0.05, 0) is 43.7 Å². The molecule has 1 fully saturated rings. The maximum absolute atomic E-state index is 11.1. The monoisotopic (exact) mass is 291 g/mol. The molecule has 2 atom stereocenters. The first-order valence-corrected chi connectivity index (χ1v) is 8.09. The van der Waals surface area contributed by atoms with Crippen molar-refractivity contribution in [2.45, 2.75) is 37.0 Å². The molecule has 1 N–H and O–H groups in total. The molecule has 2 unspecified atom stereocenters. The fourth-order valence-electron chi connectivity index (χ4n) is 2.90. The highest BCUT2D eigenvalue weighted by Crippen LogP contribution is 2.35. The topological polar surface area (TPSA) is 68.0 Å². The molecular weight excluding hydrogens is 274 g/mol. The van der Waals surface area contributed by atoms with Crippen LogP contribution in [0.4, 0.5) is 0 Å². The number of hydrogen-bond donors (Lipinski definition) is 1. The van der Waals surface area contributed by atoms with Crippen LogP contribution in [0.2, 0.25) is 0 Å². The van der Waals surface area contributed by atoms with Gasteiger partial charge in [-0.25, -0.2) is 9.48 Å². The van der Waals surface area contributed by atoms with Gasteiger partial charge in [-0.2, -0.15) is 11.8 Å². The molecule has 0 bridgehead atoms. The molecule has 0 aliphatic heterocycles. The number of fused-ring (bicyclic) bond motifs is 1. The molecule has 5 nitrogen and oxygen atoms in total. The molecule has 2 aromatic rings. The van der Waals surface area contributed by atoms with Crippen molar-refractivity contribution in [2.24, 2.45) is 0 Å². The van der Waals surface area contributed by atoms with E-state index in [0.717, 1.165) is 23.9 Å². The van der Waals surface area contributed by atoms with Crippen LogP contribution in [0.15, 0.2) is 18.2 Å². The zero-order valence-electron chi connectivity index (χ0n) is 11.3. The maximum atomic E-state index is 11.1. The third-order valence-electron chi connectivity index (χ3n) is 4.00. The first kappa shape index (κ1) is 13.4. The number of benzene rings is 1. The van der Waals surface area contributed by atoms with Crippen molar-refractivity contribution < 1.29 is 9.90 Å². The van der Waals surface area contributed by atoms with E-state index < -0.39 is 5.97 Å². The van der Waals surface area contributed by atoms with Gasteiger partial charge in [0, 0.05) is 5.25 Å². The number of rotatable bonds is 3. The van der Waals surface area contributed by atoms with Crippen molar-refractivity contribution >= 4 is 28.8 Å². The molecule has 1 heterocycles. The van der Waals surface area contributed by atoms with Gasteiger partial charge in [-0.15, -0.1) is 5.10 Å². The van der Waals surface area contributed by atoms with Crippen molar-refractivity contribution in [2.75, 3.05) is 6.26 Å². The average molecular weight is 291 g/mol. The van der Waals surface area contributed by atoms with Crippen LogP contribution >= 0.6 is 11.8 Å². The predicted octanol–water partition coefficient (Wildman–Crippen LogP) is 2.98. The van der Waals surface area contributed by atoms with Crippen molar-refractivity contribution in [3.63, 3.8) is 0 Å². The summed E-state index contributed by atoms with van der Waals surface area (Å²) >= 11 is 1.90. The Labute approximate surface area is 121 Å². The van der Waals surface area contributed by atoms with Gasteiger partial charge in [0.2, 0.25) is 0 Å². The SMILES string of the molecule is CSC1CCCC(n2nnc3ccc(C(=O)O)cc32)C1. The van der Waals surface area contributed by atoms with E-state index in [-0.39, 0.29) is 0 Å². The number of thioether (sulfide) groups is 1. The van der Waals surface area contributed by atoms with Crippen LogP contribution in [0.25, 0.3) is 11.0 Å². The van der Waals surface area contributed by atoms with Crippen molar-refractivity contribution in [1.29, 1.82) is 0 Å². The average Bonchev–Trinajstić information content (AvgIpc) is 2.90. The summed E-state index contributed by atoms with van der Waals surface area (Å²) in [4.78, 5) is 11.1. The second-order valence-corrected chi connectivity index (χ2v) is 6.36. The van der Waals surface area contributed by atoms with Gasteiger partial charge < -0.3 is 5.11 Å². The van der Waals surface area contributed by atoms with Crippen molar-refractivity contribution in [1.82, 2.24) is 15.0 Å². The number of aromatic carboxylic acids is 1. The Bertz CT molecular complexity index is 640. The number of carboxylic acid groups (broad SMARTS) is 1. The Hall–Kier alpha value is -1.56. The Balaban J connectivity index is 1.98. The molecule has 0 spiro atoms. The van der Waals surface area contributed by atoms with E-state index in [9.17, 15) is 4.79 Å². The molecular formula is C14H17N3O2S. The first-order chi connectivity index (χ1) is 9.69. The number of hydrogen-bond acceptors (Lipinski definition) is 4. The Kier molecular flexibility index (Phi) is 3.65. The van der Waals surface area contributed by atoms with Crippen LogP contribution in [0.5, 0.6) is 0 Å². The van der Waals surface area contributed by atoms with Crippen LogP contribution in [0.1, 0.15) is 42.1 Å². The van der Waals surface area contributed by atoms with Gasteiger partial charge >= 0.3 is 5.97 Å². The molecule has 0 saturated heterocycles. The van der Waals surface area contributed by atoms with Gasteiger partial charge in [-0.3, -0.25) is 0 Å². The first-order valence-electron chi connectivity index (χ1n) is 6.80. The lowest BCUT2D eigenvalue weighted by Gasteiger charge is -2.28. The summed E-state index contributed by atoms with van der Waals surface area (Å²) < 4.78 is 1.92. The molecule has 1 saturated carbocycles. The molecule has 0 radical (unpaired) electrons. The lowest BCUT2D eigenvalue weighted by molar-refractivity contribution is 0.0697. The highest BCUT2D eigenvalue weighted by molar-refractivity contribution is 7.99. The molecule has 20 heavy (non-hydrogen) atoms. The fraction of sp³-hybridized carbons (Fsp3) is 0.500. The van der Waals surface area contributed by atoms with E-state index in [0.29, 0.717) is 16.9 Å². The molecule has 1 aliphatic rings. The summed E-state index contributed by atoms with van der Waals surface area (Å²) in [6.45, 7) is 0. The minimum absolute atomic E-state index is 0.290. The van der Waals surface area contributed by atoms with Crippen LogP contribution in [-0.4, -0.2) is 37.6 Å². The number of carboxylic acids is 1. The largest absolute Gasteiger partial charge is 0.478 e. The van der Waals surface area contributed by atoms with E-state index >= 15 is 0 Å². The smallest absolute Gasteiger partial charge is 0.335 e. The lowest BCUT2D eigenvalue weighted by atomic mass is 9.95.